The Morgan fingerprint density at radius 3 is 2.86 bits per heavy atom. The molecule has 1 aliphatic heterocycles. The molecule has 5 nitrogen and oxygen atoms in total. The predicted octanol–water partition coefficient (Wildman–Crippen LogP) is 2.37. The Hall–Kier alpha value is -2.30. The molecule has 2 aromatic rings. The number of rotatable bonds is 3. The number of hydrogen-bond donors (Lipinski definition) is 0. The molecule has 1 aliphatic carbocycles. The van der Waals surface area contributed by atoms with Crippen LogP contribution in [-0.4, -0.2) is 30.2 Å². The zero-order valence-corrected chi connectivity index (χ0v) is 12.7. The number of ether oxygens (including phenoxy) is 2. The summed E-state index contributed by atoms with van der Waals surface area (Å²) in [4.78, 5) is 11.1. The van der Waals surface area contributed by atoms with Gasteiger partial charge >= 0.3 is 0 Å². The van der Waals surface area contributed by atoms with Crippen LogP contribution in [0.2, 0.25) is 0 Å². The van der Waals surface area contributed by atoms with Crippen molar-refractivity contribution in [2.24, 2.45) is 0 Å². The van der Waals surface area contributed by atoms with Gasteiger partial charge in [0.05, 0.1) is 0 Å². The lowest BCUT2D eigenvalue weighted by Gasteiger charge is -2.23. The van der Waals surface area contributed by atoms with Crippen molar-refractivity contribution in [2.45, 2.75) is 25.8 Å². The average molecular weight is 297 g/mol. The highest BCUT2D eigenvalue weighted by Gasteiger charge is 2.20. The lowest BCUT2D eigenvalue weighted by atomic mass is 10.1. The van der Waals surface area contributed by atoms with E-state index in [0.717, 1.165) is 36.7 Å². The number of benzene rings is 1. The highest BCUT2D eigenvalue weighted by molar-refractivity contribution is 5.51. The van der Waals surface area contributed by atoms with Crippen molar-refractivity contribution in [3.8, 4) is 11.5 Å². The molecule has 0 unspecified atom stereocenters. The van der Waals surface area contributed by atoms with Crippen LogP contribution < -0.4 is 14.4 Å². The van der Waals surface area contributed by atoms with Gasteiger partial charge in [0.15, 0.2) is 11.5 Å². The van der Waals surface area contributed by atoms with Crippen LogP contribution >= 0.6 is 0 Å². The molecule has 2 heterocycles. The van der Waals surface area contributed by atoms with Crippen molar-refractivity contribution in [3.63, 3.8) is 0 Å². The molecular formula is C17H19N3O2. The summed E-state index contributed by atoms with van der Waals surface area (Å²) < 4.78 is 11.2. The zero-order chi connectivity index (χ0) is 14.9. The first kappa shape index (κ1) is 13.4. The Bertz CT molecular complexity index is 702. The Morgan fingerprint density at radius 1 is 1.09 bits per heavy atom. The molecule has 0 fully saturated rings. The fourth-order valence-electron chi connectivity index (χ4n) is 3.21. The van der Waals surface area contributed by atoms with Crippen LogP contribution in [0.5, 0.6) is 11.5 Å². The number of fused-ring (bicyclic) bond motifs is 2. The highest BCUT2D eigenvalue weighted by atomic mass is 16.6. The first-order valence-corrected chi connectivity index (χ1v) is 7.73. The van der Waals surface area contributed by atoms with Crippen molar-refractivity contribution in [2.75, 3.05) is 25.2 Å². The summed E-state index contributed by atoms with van der Waals surface area (Å²) in [5.74, 6) is 2.73. The first-order chi connectivity index (χ1) is 10.8. The van der Waals surface area contributed by atoms with E-state index in [2.05, 4.69) is 34.0 Å². The van der Waals surface area contributed by atoms with Crippen LogP contribution in [0.25, 0.3) is 0 Å². The van der Waals surface area contributed by atoms with Crippen molar-refractivity contribution in [1.82, 2.24) is 9.97 Å². The predicted molar refractivity (Wildman–Crippen MR) is 83.6 cm³/mol. The Balaban J connectivity index is 1.57. The van der Waals surface area contributed by atoms with Gasteiger partial charge in [0.1, 0.15) is 25.4 Å². The number of anilines is 1. The van der Waals surface area contributed by atoms with Gasteiger partial charge in [-0.25, -0.2) is 9.97 Å². The van der Waals surface area contributed by atoms with Gasteiger partial charge in [0, 0.05) is 24.8 Å². The zero-order valence-electron chi connectivity index (χ0n) is 12.7. The molecule has 0 saturated heterocycles. The second kappa shape index (κ2) is 5.48. The fourth-order valence-corrected chi connectivity index (χ4v) is 3.21. The molecule has 0 saturated carbocycles. The van der Waals surface area contributed by atoms with Gasteiger partial charge in [-0.1, -0.05) is 6.07 Å². The largest absolute Gasteiger partial charge is 0.486 e. The Labute approximate surface area is 129 Å². The number of aromatic nitrogens is 2. The summed E-state index contributed by atoms with van der Waals surface area (Å²) in [7, 11) is 2.08. The van der Waals surface area contributed by atoms with Crippen LogP contribution in [-0.2, 0) is 19.4 Å². The molecule has 5 heteroatoms. The molecule has 0 spiro atoms. The summed E-state index contributed by atoms with van der Waals surface area (Å²) >= 11 is 0. The van der Waals surface area contributed by atoms with Gasteiger partial charge in [0.25, 0.3) is 0 Å². The van der Waals surface area contributed by atoms with Crippen LogP contribution in [0.15, 0.2) is 24.5 Å². The molecule has 4 rings (SSSR count). The minimum atomic E-state index is 0.617. The summed E-state index contributed by atoms with van der Waals surface area (Å²) in [5, 5.41) is 0. The molecule has 0 N–H and O–H groups in total. The van der Waals surface area contributed by atoms with E-state index in [-0.39, 0.29) is 0 Å². The number of hydrogen-bond acceptors (Lipinski definition) is 5. The van der Waals surface area contributed by atoms with E-state index in [9.17, 15) is 0 Å². The monoisotopic (exact) mass is 297 g/mol. The maximum atomic E-state index is 5.66. The van der Waals surface area contributed by atoms with Gasteiger partial charge in [-0.3, -0.25) is 0 Å². The quantitative estimate of drug-likeness (QED) is 0.870. The Kier molecular flexibility index (Phi) is 3.33. The highest BCUT2D eigenvalue weighted by Crippen LogP contribution is 2.32. The minimum Gasteiger partial charge on any atom is -0.486 e. The molecule has 114 valence electrons. The third-order valence-corrected chi connectivity index (χ3v) is 4.24. The molecule has 22 heavy (non-hydrogen) atoms. The maximum absolute atomic E-state index is 5.66. The second-order valence-corrected chi connectivity index (χ2v) is 5.81. The van der Waals surface area contributed by atoms with Crippen molar-refractivity contribution < 1.29 is 9.47 Å². The van der Waals surface area contributed by atoms with E-state index in [4.69, 9.17) is 9.47 Å². The third kappa shape index (κ3) is 2.36. The number of nitrogens with zero attached hydrogens (tertiary/aromatic N) is 3. The standard InChI is InChI=1S/C17H19N3O2/c1-20(17-13-3-2-4-14(13)18-11-19-17)10-12-5-6-15-16(9-12)22-8-7-21-15/h5-6,9,11H,2-4,7-8,10H2,1H3. The lowest BCUT2D eigenvalue weighted by molar-refractivity contribution is 0.171. The summed E-state index contributed by atoms with van der Waals surface area (Å²) in [6.07, 6.45) is 5.01. The lowest BCUT2D eigenvalue weighted by Crippen LogP contribution is -2.20. The normalized spacial score (nSPS) is 15.5. The van der Waals surface area contributed by atoms with E-state index >= 15 is 0 Å². The van der Waals surface area contributed by atoms with Crippen LogP contribution in [0.3, 0.4) is 0 Å². The third-order valence-electron chi connectivity index (χ3n) is 4.24. The molecule has 0 atom stereocenters. The number of aryl methyl sites for hydroxylation is 1. The van der Waals surface area contributed by atoms with E-state index in [1.807, 2.05) is 6.07 Å². The topological polar surface area (TPSA) is 47.5 Å². The van der Waals surface area contributed by atoms with Crippen LogP contribution in [0.1, 0.15) is 23.2 Å². The van der Waals surface area contributed by atoms with Crippen LogP contribution in [0, 0.1) is 0 Å². The molecule has 0 amide bonds. The summed E-state index contributed by atoms with van der Waals surface area (Å²) in [6, 6.07) is 6.14. The van der Waals surface area contributed by atoms with Crippen molar-refractivity contribution in [3.05, 3.63) is 41.3 Å². The summed E-state index contributed by atoms with van der Waals surface area (Å²) in [5.41, 5.74) is 3.71. The smallest absolute Gasteiger partial charge is 0.161 e. The van der Waals surface area contributed by atoms with Gasteiger partial charge in [0.2, 0.25) is 0 Å². The Morgan fingerprint density at radius 2 is 1.95 bits per heavy atom. The fraction of sp³-hybridized carbons (Fsp3) is 0.412. The van der Waals surface area contributed by atoms with Gasteiger partial charge < -0.3 is 14.4 Å². The van der Waals surface area contributed by atoms with Gasteiger partial charge in [-0.15, -0.1) is 0 Å². The van der Waals surface area contributed by atoms with Crippen LogP contribution in [0.4, 0.5) is 5.82 Å². The maximum Gasteiger partial charge on any atom is 0.161 e. The van der Waals surface area contributed by atoms with E-state index in [1.54, 1.807) is 6.33 Å². The summed E-state index contributed by atoms with van der Waals surface area (Å²) in [6.45, 7) is 2.03. The molecule has 1 aromatic heterocycles. The molecule has 0 radical (unpaired) electrons. The van der Waals surface area contributed by atoms with E-state index < -0.39 is 0 Å². The average Bonchev–Trinajstić information content (AvgIpc) is 3.03. The molecule has 2 aliphatic rings. The molecular weight excluding hydrogens is 278 g/mol. The molecule has 0 bridgehead atoms. The molecule has 1 aromatic carbocycles. The van der Waals surface area contributed by atoms with Crippen molar-refractivity contribution in [1.29, 1.82) is 0 Å². The van der Waals surface area contributed by atoms with E-state index in [0.29, 0.717) is 13.2 Å². The minimum absolute atomic E-state index is 0.617. The first-order valence-electron chi connectivity index (χ1n) is 7.73. The van der Waals surface area contributed by atoms with E-state index in [1.165, 1.54) is 23.2 Å². The van der Waals surface area contributed by atoms with Gasteiger partial charge in [-0.2, -0.15) is 0 Å². The van der Waals surface area contributed by atoms with Crippen molar-refractivity contribution >= 4 is 5.82 Å². The van der Waals surface area contributed by atoms with Gasteiger partial charge in [-0.05, 0) is 37.0 Å². The second-order valence-electron chi connectivity index (χ2n) is 5.81. The SMILES string of the molecule is CN(Cc1ccc2c(c1)OCCO2)c1ncnc2c1CCC2.